The van der Waals surface area contributed by atoms with E-state index < -0.39 is 10.0 Å². The van der Waals surface area contributed by atoms with Gasteiger partial charge in [0.25, 0.3) is 10.0 Å². The molecule has 0 bridgehead atoms. The van der Waals surface area contributed by atoms with Crippen molar-refractivity contribution in [2.24, 2.45) is 5.73 Å². The van der Waals surface area contributed by atoms with Gasteiger partial charge in [0.2, 0.25) is 5.09 Å². The first kappa shape index (κ1) is 15.2. The quantitative estimate of drug-likeness (QED) is 0.854. The predicted molar refractivity (Wildman–Crippen MR) is 79.1 cm³/mol. The minimum atomic E-state index is -3.64. The minimum absolute atomic E-state index is 0.0973. The fourth-order valence-electron chi connectivity index (χ4n) is 1.71. The number of hydrogen-bond donors (Lipinski definition) is 2. The smallest absolute Gasteiger partial charge is 0.273 e. The summed E-state index contributed by atoms with van der Waals surface area (Å²) in [7, 11) is -3.64. The highest BCUT2D eigenvalue weighted by atomic mass is 32.2. The molecular weight excluding hydrogens is 296 g/mol. The zero-order valence-electron chi connectivity index (χ0n) is 11.4. The molecular formula is C13H18N2O3S2. The lowest BCUT2D eigenvalue weighted by molar-refractivity contribution is 0.409. The Morgan fingerprint density at radius 2 is 2.10 bits per heavy atom. The fraction of sp³-hybridized carbons (Fsp3) is 0.385. The Labute approximate surface area is 122 Å². The molecule has 2 rings (SSSR count). The molecule has 0 saturated carbocycles. The van der Waals surface area contributed by atoms with E-state index in [0.717, 1.165) is 4.88 Å². The second-order valence-corrected chi connectivity index (χ2v) is 7.76. The highest BCUT2D eigenvalue weighted by Gasteiger charge is 2.26. The minimum Gasteiger partial charge on any atom is -0.447 e. The van der Waals surface area contributed by atoms with Crippen molar-refractivity contribution in [3.8, 4) is 0 Å². The number of sulfonamides is 1. The lowest BCUT2D eigenvalue weighted by Gasteiger charge is -2.23. The van der Waals surface area contributed by atoms with E-state index in [-0.39, 0.29) is 17.1 Å². The van der Waals surface area contributed by atoms with Crippen LogP contribution in [0.4, 0.5) is 0 Å². The monoisotopic (exact) mass is 314 g/mol. The van der Waals surface area contributed by atoms with Crippen molar-refractivity contribution in [2.75, 3.05) is 6.54 Å². The number of nitrogens with two attached hydrogens (primary N) is 1. The molecule has 2 aromatic rings. The molecule has 0 radical (unpaired) electrons. The van der Waals surface area contributed by atoms with Crippen LogP contribution in [0.25, 0.3) is 0 Å². The summed E-state index contributed by atoms with van der Waals surface area (Å²) in [5.74, 6) is 0.447. The summed E-state index contributed by atoms with van der Waals surface area (Å²) in [4.78, 5) is 1.13. The van der Waals surface area contributed by atoms with Crippen LogP contribution in [0.3, 0.4) is 0 Å². The Morgan fingerprint density at radius 1 is 1.35 bits per heavy atom. The molecule has 0 aromatic carbocycles. The van der Waals surface area contributed by atoms with E-state index >= 15 is 0 Å². The van der Waals surface area contributed by atoms with Crippen LogP contribution in [0, 0.1) is 0 Å². The number of nitrogens with one attached hydrogen (secondary N) is 1. The average molecular weight is 314 g/mol. The van der Waals surface area contributed by atoms with Gasteiger partial charge in [-0.15, -0.1) is 11.3 Å². The van der Waals surface area contributed by atoms with Gasteiger partial charge in [-0.2, -0.15) is 0 Å². The van der Waals surface area contributed by atoms with Crippen LogP contribution in [-0.4, -0.2) is 15.0 Å². The lowest BCUT2D eigenvalue weighted by Crippen LogP contribution is -2.36. The van der Waals surface area contributed by atoms with E-state index in [0.29, 0.717) is 12.3 Å². The highest BCUT2D eigenvalue weighted by molar-refractivity contribution is 7.89. The van der Waals surface area contributed by atoms with E-state index in [9.17, 15) is 8.42 Å². The summed E-state index contributed by atoms with van der Waals surface area (Å²) < 4.78 is 32.0. The van der Waals surface area contributed by atoms with Gasteiger partial charge in [0, 0.05) is 16.8 Å². The van der Waals surface area contributed by atoms with Gasteiger partial charge in [-0.1, -0.05) is 19.9 Å². The van der Waals surface area contributed by atoms with Gasteiger partial charge >= 0.3 is 0 Å². The molecule has 0 aliphatic carbocycles. The van der Waals surface area contributed by atoms with Crippen LogP contribution >= 0.6 is 11.3 Å². The molecule has 0 saturated heterocycles. The molecule has 0 aliphatic heterocycles. The summed E-state index contributed by atoms with van der Waals surface area (Å²) in [5, 5.41) is 1.88. The molecule has 3 N–H and O–H groups in total. The van der Waals surface area contributed by atoms with Crippen LogP contribution in [0.2, 0.25) is 0 Å². The Balaban J connectivity index is 2.09. The summed E-state index contributed by atoms with van der Waals surface area (Å²) in [6.45, 7) is 4.47. The highest BCUT2D eigenvalue weighted by Crippen LogP contribution is 2.27. The molecule has 0 spiro atoms. The van der Waals surface area contributed by atoms with E-state index in [4.69, 9.17) is 10.2 Å². The molecule has 0 aliphatic rings. The van der Waals surface area contributed by atoms with Crippen molar-refractivity contribution in [3.05, 3.63) is 40.3 Å². The third-order valence-electron chi connectivity index (χ3n) is 3.00. The zero-order valence-corrected chi connectivity index (χ0v) is 13.1. The van der Waals surface area contributed by atoms with Crippen LogP contribution < -0.4 is 10.5 Å². The SMILES string of the molecule is CC(C)(CNS(=O)(=O)c1ccc(CN)o1)c1cccs1. The Kier molecular flexibility index (Phi) is 4.33. The van der Waals surface area contributed by atoms with Crippen molar-refractivity contribution in [2.45, 2.75) is 30.9 Å². The maximum Gasteiger partial charge on any atom is 0.273 e. The number of hydrogen-bond acceptors (Lipinski definition) is 5. The summed E-state index contributed by atoms with van der Waals surface area (Å²) in [6, 6.07) is 6.94. The first-order chi connectivity index (χ1) is 9.35. The second kappa shape index (κ2) is 5.69. The fourth-order valence-corrected chi connectivity index (χ4v) is 3.72. The predicted octanol–water partition coefficient (Wildman–Crippen LogP) is 2.06. The first-order valence-electron chi connectivity index (χ1n) is 6.17. The zero-order chi connectivity index (χ0) is 14.8. The van der Waals surface area contributed by atoms with E-state index in [1.165, 1.54) is 6.07 Å². The first-order valence-corrected chi connectivity index (χ1v) is 8.54. The number of thiophene rings is 1. The average Bonchev–Trinajstić information content (AvgIpc) is 3.07. The van der Waals surface area contributed by atoms with Gasteiger partial charge in [0.15, 0.2) is 0 Å². The molecule has 2 aromatic heterocycles. The topological polar surface area (TPSA) is 85.3 Å². The van der Waals surface area contributed by atoms with Gasteiger partial charge in [-0.3, -0.25) is 0 Å². The molecule has 0 fully saturated rings. The maximum atomic E-state index is 12.1. The van der Waals surface area contributed by atoms with Gasteiger partial charge < -0.3 is 10.2 Å². The summed E-state index contributed by atoms with van der Waals surface area (Å²) >= 11 is 1.61. The molecule has 5 nitrogen and oxygen atoms in total. The standard InChI is InChI=1S/C13H18N2O3S2/c1-13(2,11-4-3-7-19-11)9-15-20(16,17)12-6-5-10(8-14)18-12/h3-7,15H,8-9,14H2,1-2H3. The van der Waals surface area contributed by atoms with Crippen molar-refractivity contribution >= 4 is 21.4 Å². The van der Waals surface area contributed by atoms with Crippen molar-refractivity contribution in [3.63, 3.8) is 0 Å². The van der Waals surface area contributed by atoms with E-state index in [1.807, 2.05) is 31.4 Å². The molecule has 7 heteroatoms. The largest absolute Gasteiger partial charge is 0.447 e. The van der Waals surface area contributed by atoms with Crippen LogP contribution in [-0.2, 0) is 22.0 Å². The maximum absolute atomic E-state index is 12.1. The Hall–Kier alpha value is -1.15. The molecule has 0 atom stereocenters. The van der Waals surface area contributed by atoms with Crippen LogP contribution in [0.15, 0.2) is 39.2 Å². The molecule has 0 amide bonds. The lowest BCUT2D eigenvalue weighted by atomic mass is 9.92. The van der Waals surface area contributed by atoms with Crippen molar-refractivity contribution < 1.29 is 12.8 Å². The van der Waals surface area contributed by atoms with Gasteiger partial charge in [0.05, 0.1) is 6.54 Å². The third kappa shape index (κ3) is 3.29. The summed E-state index contributed by atoms with van der Waals surface area (Å²) in [6.07, 6.45) is 0. The van der Waals surface area contributed by atoms with Crippen molar-refractivity contribution in [1.29, 1.82) is 0 Å². The number of furan rings is 1. The molecule has 110 valence electrons. The van der Waals surface area contributed by atoms with Gasteiger partial charge in [0.1, 0.15) is 5.76 Å². The molecule has 0 unspecified atom stereocenters. The Morgan fingerprint density at radius 3 is 2.65 bits per heavy atom. The summed E-state index contributed by atoms with van der Waals surface area (Å²) in [5.41, 5.74) is 5.13. The second-order valence-electron chi connectivity index (χ2n) is 5.11. The van der Waals surface area contributed by atoms with E-state index in [2.05, 4.69) is 4.72 Å². The van der Waals surface area contributed by atoms with Crippen LogP contribution in [0.1, 0.15) is 24.5 Å². The van der Waals surface area contributed by atoms with Gasteiger partial charge in [-0.25, -0.2) is 13.1 Å². The normalized spacial score (nSPS) is 12.8. The molecule has 2 heterocycles. The van der Waals surface area contributed by atoms with Gasteiger partial charge in [-0.05, 0) is 23.6 Å². The number of rotatable bonds is 6. The van der Waals surface area contributed by atoms with Crippen molar-refractivity contribution in [1.82, 2.24) is 4.72 Å². The third-order valence-corrected chi connectivity index (χ3v) is 5.50. The van der Waals surface area contributed by atoms with Crippen LogP contribution in [0.5, 0.6) is 0 Å². The van der Waals surface area contributed by atoms with E-state index in [1.54, 1.807) is 17.4 Å². The Bertz CT molecular complexity index is 658. The molecule has 20 heavy (non-hydrogen) atoms.